The van der Waals surface area contributed by atoms with Gasteiger partial charge in [0.25, 0.3) is 5.91 Å². The molecule has 1 aromatic rings. The highest BCUT2D eigenvalue weighted by Crippen LogP contribution is 2.36. The lowest BCUT2D eigenvalue weighted by Gasteiger charge is -2.38. The third-order valence-electron chi connectivity index (χ3n) is 6.08. The third-order valence-corrected chi connectivity index (χ3v) is 6.08. The van der Waals surface area contributed by atoms with Gasteiger partial charge in [-0.1, -0.05) is 0 Å². The summed E-state index contributed by atoms with van der Waals surface area (Å²) in [5.41, 5.74) is 0.803. The Morgan fingerprint density at radius 2 is 1.71 bits per heavy atom. The molecule has 2 saturated heterocycles. The number of carbonyl (C=O) groups is 3. The second-order valence-corrected chi connectivity index (χ2v) is 8.13. The molecule has 0 aliphatic carbocycles. The van der Waals surface area contributed by atoms with E-state index in [9.17, 15) is 14.4 Å². The Balaban J connectivity index is 1.38. The topological polar surface area (TPSA) is 97.4 Å². The van der Waals surface area contributed by atoms with Crippen LogP contribution in [-0.4, -0.2) is 85.5 Å². The molecule has 0 spiro atoms. The molecule has 3 heterocycles. The second-order valence-electron chi connectivity index (χ2n) is 8.13. The fourth-order valence-electron chi connectivity index (χ4n) is 4.19. The first-order valence-corrected chi connectivity index (χ1v) is 10.8. The van der Waals surface area contributed by atoms with E-state index < -0.39 is 6.04 Å². The molecule has 0 aromatic heterocycles. The van der Waals surface area contributed by atoms with E-state index >= 15 is 0 Å². The van der Waals surface area contributed by atoms with E-state index in [4.69, 9.17) is 14.2 Å². The predicted molar refractivity (Wildman–Crippen MR) is 113 cm³/mol. The van der Waals surface area contributed by atoms with Gasteiger partial charge in [0.15, 0.2) is 17.3 Å². The Bertz CT molecular complexity index is 859. The lowest BCUT2D eigenvalue weighted by molar-refractivity contribution is -0.143. The summed E-state index contributed by atoms with van der Waals surface area (Å²) in [5.74, 6) is 0.700. The molecule has 1 unspecified atom stereocenters. The van der Waals surface area contributed by atoms with E-state index in [1.807, 2.05) is 16.7 Å². The quantitative estimate of drug-likeness (QED) is 0.702. The molecule has 1 N–H and O–H groups in total. The Hall–Kier alpha value is -2.65. The van der Waals surface area contributed by atoms with Gasteiger partial charge in [0.05, 0.1) is 11.7 Å². The Morgan fingerprint density at radius 1 is 1.03 bits per heavy atom. The molecular weight excluding hydrogens is 402 g/mol. The van der Waals surface area contributed by atoms with Gasteiger partial charge >= 0.3 is 0 Å². The Morgan fingerprint density at radius 3 is 2.32 bits per heavy atom. The Labute approximate surface area is 181 Å². The minimum Gasteiger partial charge on any atom is -0.486 e. The van der Waals surface area contributed by atoms with E-state index in [-0.39, 0.29) is 23.7 Å². The summed E-state index contributed by atoms with van der Waals surface area (Å²) < 4.78 is 16.6. The third kappa shape index (κ3) is 4.67. The number of hydrogen-bond acceptors (Lipinski definition) is 7. The highest BCUT2D eigenvalue weighted by molar-refractivity contribution is 6.05. The predicted octanol–water partition coefficient (Wildman–Crippen LogP) is 1.31. The second kappa shape index (κ2) is 9.23. The van der Waals surface area contributed by atoms with Gasteiger partial charge < -0.3 is 24.4 Å². The lowest BCUT2D eigenvalue weighted by atomic mass is 10.1. The highest BCUT2D eigenvalue weighted by Gasteiger charge is 2.32. The molecule has 168 valence electrons. The molecule has 9 nitrogen and oxygen atoms in total. The van der Waals surface area contributed by atoms with Gasteiger partial charge in [-0.05, 0) is 32.8 Å². The summed E-state index contributed by atoms with van der Waals surface area (Å²) in [6.45, 7) is 7.13. The summed E-state index contributed by atoms with van der Waals surface area (Å²) in [7, 11) is 0. The van der Waals surface area contributed by atoms with Gasteiger partial charge in [0.2, 0.25) is 5.91 Å². The van der Waals surface area contributed by atoms with E-state index in [0.717, 1.165) is 12.8 Å². The van der Waals surface area contributed by atoms with Crippen LogP contribution in [0.15, 0.2) is 12.1 Å². The number of nitrogens with zero attached hydrogens (tertiary/aromatic N) is 2. The number of fused-ring (bicyclic) bond motifs is 1. The van der Waals surface area contributed by atoms with Crippen LogP contribution >= 0.6 is 0 Å². The molecule has 2 amide bonds. The molecule has 9 heteroatoms. The highest BCUT2D eigenvalue weighted by atomic mass is 16.6. The van der Waals surface area contributed by atoms with Crippen molar-refractivity contribution in [2.24, 2.45) is 0 Å². The number of rotatable bonds is 5. The molecule has 0 bridgehead atoms. The number of ether oxygens (including phenoxy) is 3. The smallest absolute Gasteiger partial charge is 0.251 e. The normalized spacial score (nSPS) is 22.1. The molecule has 3 aliphatic rings. The summed E-state index contributed by atoms with van der Waals surface area (Å²) in [6.07, 6.45) is 1.40. The maximum Gasteiger partial charge on any atom is 0.251 e. The minimum atomic E-state index is -0.409. The van der Waals surface area contributed by atoms with Crippen LogP contribution in [0.1, 0.15) is 37.0 Å². The van der Waals surface area contributed by atoms with Gasteiger partial charge in [-0.25, -0.2) is 0 Å². The van der Waals surface area contributed by atoms with Crippen molar-refractivity contribution in [1.82, 2.24) is 9.80 Å². The van der Waals surface area contributed by atoms with Crippen molar-refractivity contribution < 1.29 is 28.6 Å². The van der Waals surface area contributed by atoms with Crippen molar-refractivity contribution in [2.75, 3.05) is 51.3 Å². The van der Waals surface area contributed by atoms with E-state index in [1.54, 1.807) is 12.1 Å². The zero-order valence-corrected chi connectivity index (χ0v) is 18.0. The largest absolute Gasteiger partial charge is 0.486 e. The van der Waals surface area contributed by atoms with E-state index in [0.29, 0.717) is 68.7 Å². The van der Waals surface area contributed by atoms with Crippen LogP contribution in [0.4, 0.5) is 5.69 Å². The molecule has 31 heavy (non-hydrogen) atoms. The van der Waals surface area contributed by atoms with Crippen molar-refractivity contribution in [3.8, 4) is 11.5 Å². The Kier molecular flexibility index (Phi) is 6.43. The number of hydrogen-bond donors (Lipinski definition) is 1. The summed E-state index contributed by atoms with van der Waals surface area (Å²) in [6, 6.07) is 2.86. The standard InChI is InChI=1S/C22H29N3O6/c1-14(24-5-7-25(8-6-24)22(28)18-4-3-9-29-18)21(27)23-17-13-20-19(30-10-11-31-20)12-16(17)15(2)26/h12-14,18H,3-11H2,1-2H3,(H,23,27)/t14?,18-/m0/s1. The molecule has 2 fully saturated rings. The SMILES string of the molecule is CC(=O)c1cc2c(cc1NC(=O)C(C)N1CCN(C(=O)[C@@H]3CCCO3)CC1)OCCO2. The number of nitrogens with one attached hydrogen (secondary N) is 1. The number of benzene rings is 1. The van der Waals surface area contributed by atoms with Gasteiger partial charge in [0.1, 0.15) is 19.3 Å². The fourth-order valence-corrected chi connectivity index (χ4v) is 4.19. The first kappa shape index (κ1) is 21.6. The van der Waals surface area contributed by atoms with Crippen molar-refractivity contribution >= 4 is 23.3 Å². The monoisotopic (exact) mass is 431 g/mol. The average Bonchev–Trinajstić information content (AvgIpc) is 3.32. The molecular formula is C22H29N3O6. The summed E-state index contributed by atoms with van der Waals surface area (Å²) in [5, 5.41) is 2.88. The van der Waals surface area contributed by atoms with Crippen molar-refractivity contribution in [3.05, 3.63) is 17.7 Å². The van der Waals surface area contributed by atoms with Crippen molar-refractivity contribution in [3.63, 3.8) is 0 Å². The van der Waals surface area contributed by atoms with E-state index in [2.05, 4.69) is 5.32 Å². The first-order chi connectivity index (χ1) is 14.9. The summed E-state index contributed by atoms with van der Waals surface area (Å²) in [4.78, 5) is 41.4. The van der Waals surface area contributed by atoms with Crippen LogP contribution in [-0.2, 0) is 14.3 Å². The number of piperazine rings is 1. The number of Topliss-reactive ketones (excluding diaryl/α,β-unsaturated/α-hetero) is 1. The molecule has 0 saturated carbocycles. The lowest BCUT2D eigenvalue weighted by Crippen LogP contribution is -2.55. The zero-order chi connectivity index (χ0) is 22.0. The molecule has 4 rings (SSSR count). The fraction of sp³-hybridized carbons (Fsp3) is 0.591. The molecule has 0 radical (unpaired) electrons. The van der Waals surface area contributed by atoms with Crippen LogP contribution in [0.5, 0.6) is 11.5 Å². The van der Waals surface area contributed by atoms with Crippen LogP contribution < -0.4 is 14.8 Å². The van der Waals surface area contributed by atoms with Crippen molar-refractivity contribution in [2.45, 2.75) is 38.8 Å². The van der Waals surface area contributed by atoms with Gasteiger partial charge in [-0.15, -0.1) is 0 Å². The number of carbonyl (C=O) groups excluding carboxylic acids is 3. The average molecular weight is 431 g/mol. The van der Waals surface area contributed by atoms with Crippen LogP contribution in [0.3, 0.4) is 0 Å². The van der Waals surface area contributed by atoms with Crippen LogP contribution in [0.2, 0.25) is 0 Å². The molecule has 3 aliphatic heterocycles. The first-order valence-electron chi connectivity index (χ1n) is 10.8. The number of ketones is 1. The van der Waals surface area contributed by atoms with Crippen LogP contribution in [0.25, 0.3) is 0 Å². The summed E-state index contributed by atoms with van der Waals surface area (Å²) >= 11 is 0. The molecule has 1 aromatic carbocycles. The van der Waals surface area contributed by atoms with E-state index in [1.165, 1.54) is 6.92 Å². The number of anilines is 1. The number of amides is 2. The van der Waals surface area contributed by atoms with Crippen molar-refractivity contribution in [1.29, 1.82) is 0 Å². The van der Waals surface area contributed by atoms with Gasteiger partial charge in [-0.2, -0.15) is 0 Å². The van der Waals surface area contributed by atoms with Crippen LogP contribution in [0, 0.1) is 0 Å². The maximum atomic E-state index is 12.9. The minimum absolute atomic E-state index is 0.0524. The van der Waals surface area contributed by atoms with Gasteiger partial charge in [-0.3, -0.25) is 19.3 Å². The maximum absolute atomic E-state index is 12.9. The molecule has 2 atom stereocenters. The van der Waals surface area contributed by atoms with Gasteiger partial charge in [0, 0.05) is 44.4 Å². The zero-order valence-electron chi connectivity index (χ0n) is 18.0.